The van der Waals surface area contributed by atoms with E-state index >= 15 is 0 Å². The molecule has 4 N–H and O–H groups in total. The molecule has 1 unspecified atom stereocenters. The maximum absolute atomic E-state index is 11.4. The van der Waals surface area contributed by atoms with Gasteiger partial charge in [-0.25, -0.2) is 9.59 Å². The molecule has 0 aliphatic heterocycles. The van der Waals surface area contributed by atoms with Crippen molar-refractivity contribution in [2.24, 2.45) is 0 Å². The summed E-state index contributed by atoms with van der Waals surface area (Å²) in [5, 5.41) is 22.3. The Labute approximate surface area is 113 Å². The summed E-state index contributed by atoms with van der Waals surface area (Å²) in [6.07, 6.45) is 2.77. The molecule has 0 spiro atoms. The van der Waals surface area contributed by atoms with E-state index in [0.29, 0.717) is 19.6 Å². The van der Waals surface area contributed by atoms with Crippen LogP contribution in [0.4, 0.5) is 4.79 Å². The van der Waals surface area contributed by atoms with Crippen LogP contribution in [0.3, 0.4) is 0 Å². The minimum absolute atomic E-state index is 0.0110. The summed E-state index contributed by atoms with van der Waals surface area (Å²) in [4.78, 5) is 22.1. The molecule has 0 saturated carbocycles. The van der Waals surface area contributed by atoms with E-state index in [1.165, 1.54) is 0 Å². The first kappa shape index (κ1) is 17.7. The molecule has 0 saturated heterocycles. The second-order valence-electron chi connectivity index (χ2n) is 4.12. The molecule has 0 aromatic carbocycles. The zero-order valence-electron chi connectivity index (χ0n) is 11.4. The quantitative estimate of drug-likeness (QED) is 0.407. The average Bonchev–Trinajstić information content (AvgIpc) is 2.37. The topological polar surface area (TPSA) is 108 Å². The molecule has 0 aliphatic carbocycles. The van der Waals surface area contributed by atoms with Crippen molar-refractivity contribution in [1.29, 1.82) is 0 Å². The maximum Gasteiger partial charge on any atom is 0.326 e. The van der Waals surface area contributed by atoms with E-state index in [0.717, 1.165) is 19.4 Å². The van der Waals surface area contributed by atoms with Gasteiger partial charge < -0.3 is 25.6 Å². The van der Waals surface area contributed by atoms with Gasteiger partial charge in [-0.15, -0.1) is 0 Å². The Kier molecular flexibility index (Phi) is 10.9. The van der Waals surface area contributed by atoms with Gasteiger partial charge in [-0.05, 0) is 12.8 Å². The number of unbranched alkanes of at least 4 members (excludes halogenated alkanes) is 1. The molecular weight excluding hydrogens is 252 g/mol. The predicted octanol–water partition coefficient (Wildman–Crippen LogP) is 0.328. The van der Waals surface area contributed by atoms with E-state index in [2.05, 4.69) is 17.6 Å². The van der Waals surface area contributed by atoms with Gasteiger partial charge in [-0.3, -0.25) is 0 Å². The largest absolute Gasteiger partial charge is 0.480 e. The van der Waals surface area contributed by atoms with Gasteiger partial charge >= 0.3 is 12.0 Å². The van der Waals surface area contributed by atoms with Crippen LogP contribution in [-0.4, -0.2) is 54.6 Å². The summed E-state index contributed by atoms with van der Waals surface area (Å²) in [6.45, 7) is 3.51. The van der Waals surface area contributed by atoms with Crippen LogP contribution in [0, 0.1) is 0 Å². The third-order valence-electron chi connectivity index (χ3n) is 2.41. The fourth-order valence-electron chi connectivity index (χ4n) is 1.32. The molecule has 0 radical (unpaired) electrons. The SMILES string of the molecule is CCCCOCCCNC(=O)NC(CCO)C(=O)O. The number of carbonyl (C=O) groups excluding carboxylic acids is 1. The third kappa shape index (κ3) is 10.3. The number of carbonyl (C=O) groups is 2. The summed E-state index contributed by atoms with van der Waals surface area (Å²) >= 11 is 0. The number of urea groups is 1. The van der Waals surface area contributed by atoms with Crippen molar-refractivity contribution in [3.8, 4) is 0 Å². The fraction of sp³-hybridized carbons (Fsp3) is 0.833. The van der Waals surface area contributed by atoms with Crippen molar-refractivity contribution >= 4 is 12.0 Å². The first-order valence-electron chi connectivity index (χ1n) is 6.57. The molecular formula is C12H24N2O5. The molecule has 2 amide bonds. The van der Waals surface area contributed by atoms with E-state index < -0.39 is 18.0 Å². The van der Waals surface area contributed by atoms with Crippen molar-refractivity contribution in [2.45, 2.75) is 38.6 Å². The van der Waals surface area contributed by atoms with Crippen LogP contribution in [0.2, 0.25) is 0 Å². The van der Waals surface area contributed by atoms with Crippen LogP contribution in [0.25, 0.3) is 0 Å². The number of aliphatic hydroxyl groups is 1. The molecule has 0 aliphatic rings. The van der Waals surface area contributed by atoms with Gasteiger partial charge in [0.05, 0.1) is 0 Å². The first-order valence-corrected chi connectivity index (χ1v) is 6.57. The van der Waals surface area contributed by atoms with Crippen LogP contribution in [0.5, 0.6) is 0 Å². The number of aliphatic hydroxyl groups excluding tert-OH is 1. The first-order chi connectivity index (χ1) is 9.11. The van der Waals surface area contributed by atoms with Gasteiger partial charge in [0.15, 0.2) is 0 Å². The van der Waals surface area contributed by atoms with Crippen LogP contribution >= 0.6 is 0 Å². The summed E-state index contributed by atoms with van der Waals surface area (Å²) in [7, 11) is 0. The van der Waals surface area contributed by atoms with E-state index in [4.69, 9.17) is 14.9 Å². The lowest BCUT2D eigenvalue weighted by Gasteiger charge is -2.13. The number of ether oxygens (including phenoxy) is 1. The minimum atomic E-state index is -1.16. The molecule has 0 aromatic rings. The van der Waals surface area contributed by atoms with Crippen molar-refractivity contribution in [2.75, 3.05) is 26.4 Å². The highest BCUT2D eigenvalue weighted by Gasteiger charge is 2.18. The Hall–Kier alpha value is -1.34. The standard InChI is InChI=1S/C12H24N2O5/c1-2-3-8-19-9-4-6-13-12(18)14-10(5-7-15)11(16)17/h10,15H,2-9H2,1H3,(H,16,17)(H2,13,14,18). The van der Waals surface area contributed by atoms with Crippen molar-refractivity contribution in [1.82, 2.24) is 10.6 Å². The lowest BCUT2D eigenvalue weighted by Crippen LogP contribution is -2.46. The normalized spacial score (nSPS) is 11.9. The molecule has 112 valence electrons. The van der Waals surface area contributed by atoms with Gasteiger partial charge in [-0.2, -0.15) is 0 Å². The number of aliphatic carboxylic acids is 1. The summed E-state index contributed by atoms with van der Waals surface area (Å²) in [5.74, 6) is -1.16. The molecule has 19 heavy (non-hydrogen) atoms. The molecule has 7 heteroatoms. The fourth-order valence-corrected chi connectivity index (χ4v) is 1.32. The van der Waals surface area contributed by atoms with E-state index in [1.807, 2.05) is 0 Å². The number of carboxylic acids is 1. The molecule has 1 atom stereocenters. The molecule has 0 rings (SSSR count). The highest BCUT2D eigenvalue weighted by Crippen LogP contribution is 1.92. The van der Waals surface area contributed by atoms with Crippen molar-refractivity contribution in [3.05, 3.63) is 0 Å². The van der Waals surface area contributed by atoms with Crippen LogP contribution in [-0.2, 0) is 9.53 Å². The average molecular weight is 276 g/mol. The number of hydrogen-bond acceptors (Lipinski definition) is 4. The molecule has 0 bridgehead atoms. The monoisotopic (exact) mass is 276 g/mol. The smallest absolute Gasteiger partial charge is 0.326 e. The number of rotatable bonds is 11. The van der Waals surface area contributed by atoms with Crippen LogP contribution in [0.15, 0.2) is 0 Å². The van der Waals surface area contributed by atoms with E-state index in [1.54, 1.807) is 0 Å². The van der Waals surface area contributed by atoms with Gasteiger partial charge in [0.25, 0.3) is 0 Å². The number of carboxylic acid groups (broad SMARTS) is 1. The van der Waals surface area contributed by atoms with Crippen molar-refractivity contribution in [3.63, 3.8) is 0 Å². The molecule has 7 nitrogen and oxygen atoms in total. The highest BCUT2D eigenvalue weighted by atomic mass is 16.5. The highest BCUT2D eigenvalue weighted by molar-refractivity contribution is 5.82. The number of amides is 2. The predicted molar refractivity (Wildman–Crippen MR) is 70.0 cm³/mol. The third-order valence-corrected chi connectivity index (χ3v) is 2.41. The minimum Gasteiger partial charge on any atom is -0.480 e. The van der Waals surface area contributed by atoms with Crippen molar-refractivity contribution < 1.29 is 24.5 Å². The zero-order chi connectivity index (χ0) is 14.5. The van der Waals surface area contributed by atoms with Crippen LogP contribution < -0.4 is 10.6 Å². The second kappa shape index (κ2) is 11.7. The lowest BCUT2D eigenvalue weighted by molar-refractivity contribution is -0.139. The zero-order valence-corrected chi connectivity index (χ0v) is 11.4. The Morgan fingerprint density at radius 1 is 1.26 bits per heavy atom. The molecule has 0 fully saturated rings. The van der Waals surface area contributed by atoms with Gasteiger partial charge in [0.1, 0.15) is 6.04 Å². The molecule has 0 heterocycles. The van der Waals surface area contributed by atoms with Gasteiger partial charge in [0, 0.05) is 32.8 Å². The lowest BCUT2D eigenvalue weighted by atomic mass is 10.2. The second-order valence-corrected chi connectivity index (χ2v) is 4.12. The van der Waals surface area contributed by atoms with Gasteiger partial charge in [-0.1, -0.05) is 13.3 Å². The number of hydrogen-bond donors (Lipinski definition) is 4. The number of nitrogens with one attached hydrogen (secondary N) is 2. The summed E-state index contributed by atoms with van der Waals surface area (Å²) in [6, 6.07) is -1.61. The van der Waals surface area contributed by atoms with E-state index in [9.17, 15) is 9.59 Å². The van der Waals surface area contributed by atoms with Crippen LogP contribution in [0.1, 0.15) is 32.6 Å². The summed E-state index contributed by atoms with van der Waals surface area (Å²) in [5.41, 5.74) is 0. The summed E-state index contributed by atoms with van der Waals surface area (Å²) < 4.78 is 5.31. The Bertz CT molecular complexity index is 261. The maximum atomic E-state index is 11.4. The van der Waals surface area contributed by atoms with E-state index in [-0.39, 0.29) is 13.0 Å². The Morgan fingerprint density at radius 2 is 1.95 bits per heavy atom. The molecule has 0 aromatic heterocycles. The Balaban J connectivity index is 3.60. The Morgan fingerprint density at radius 3 is 2.53 bits per heavy atom. The van der Waals surface area contributed by atoms with Gasteiger partial charge in [0.2, 0.25) is 0 Å².